The van der Waals surface area contributed by atoms with E-state index in [1.165, 1.54) is 0 Å². The standard InChI is InChI=1S/C34H43F5N4O5Si/c1-32(2,3)49(4,5)47-20-25(43-18-27(34(37,38)39)41-30(43)44)23-11-12-26-24(17-23)40-29(48-26)28(22-13-15-33(35,36)16-14-22)42-31(45)46-19-21-9-7-6-8-10-21/h6-12,17,22,25,27-28H,13-16,18-20H2,1-5H3,(H,41,44)(H,42,45)/t25-,27+,28+/m1/s1. The number of aromatic nitrogens is 1. The zero-order valence-electron chi connectivity index (χ0n) is 28.2. The van der Waals surface area contributed by atoms with E-state index >= 15 is 0 Å². The molecular formula is C34H43F5N4O5Si. The molecule has 1 aliphatic heterocycles. The van der Waals surface area contributed by atoms with Crippen LogP contribution in [0.5, 0.6) is 0 Å². The molecule has 3 amide bonds. The Balaban J connectivity index is 1.44. The highest BCUT2D eigenvalue weighted by atomic mass is 28.4. The van der Waals surface area contributed by atoms with Crippen LogP contribution in [0.4, 0.5) is 31.5 Å². The predicted octanol–water partition coefficient (Wildman–Crippen LogP) is 8.64. The Kier molecular flexibility index (Phi) is 10.4. The van der Waals surface area contributed by atoms with Crippen LogP contribution in [-0.2, 0) is 15.8 Å². The van der Waals surface area contributed by atoms with Crippen LogP contribution < -0.4 is 10.6 Å². The number of fused-ring (bicyclic) bond motifs is 1. The SMILES string of the molecule is CC(C)(C)[Si](C)(C)OC[C@H](c1ccc2oc([C@@H](NC(=O)OCc3ccccc3)C3CCC(F)(F)CC3)nc2c1)N1C[C@@H](C(F)(F)F)NC1=O. The molecule has 0 unspecified atom stereocenters. The normalized spacial score (nSPS) is 20.2. The number of urea groups is 1. The number of halogens is 5. The third kappa shape index (κ3) is 8.72. The number of rotatable bonds is 10. The molecule has 268 valence electrons. The maximum atomic E-state index is 14.1. The molecule has 1 aliphatic carbocycles. The molecule has 15 heteroatoms. The first-order chi connectivity index (χ1) is 22.8. The topological polar surface area (TPSA) is 106 Å². The van der Waals surface area contributed by atoms with Crippen LogP contribution in [0, 0.1) is 5.92 Å². The molecule has 2 heterocycles. The highest BCUT2D eigenvalue weighted by Gasteiger charge is 2.49. The molecule has 0 spiro atoms. The van der Waals surface area contributed by atoms with E-state index in [0.29, 0.717) is 16.7 Å². The lowest BCUT2D eigenvalue weighted by Crippen LogP contribution is -2.44. The number of ether oxygens (including phenoxy) is 1. The second-order valence-electron chi connectivity index (χ2n) is 14.4. The van der Waals surface area contributed by atoms with Crippen LogP contribution in [0.1, 0.15) is 75.6 Å². The van der Waals surface area contributed by atoms with Gasteiger partial charge in [-0.1, -0.05) is 57.2 Å². The number of carbonyl (C=O) groups excluding carboxylic acids is 2. The Morgan fingerprint density at radius 3 is 2.41 bits per heavy atom. The second-order valence-corrected chi connectivity index (χ2v) is 19.2. The van der Waals surface area contributed by atoms with Crippen molar-refractivity contribution >= 4 is 31.5 Å². The van der Waals surface area contributed by atoms with E-state index in [1.54, 1.807) is 30.3 Å². The molecule has 9 nitrogen and oxygen atoms in total. The number of benzene rings is 2. The van der Waals surface area contributed by atoms with Crippen molar-refractivity contribution in [3.05, 3.63) is 65.5 Å². The number of hydrogen-bond donors (Lipinski definition) is 2. The summed E-state index contributed by atoms with van der Waals surface area (Å²) in [5.41, 5.74) is 1.88. The van der Waals surface area contributed by atoms with Gasteiger partial charge in [-0.05, 0) is 60.2 Å². The van der Waals surface area contributed by atoms with Gasteiger partial charge >= 0.3 is 18.3 Å². The number of nitrogens with one attached hydrogen (secondary N) is 2. The molecule has 3 aromatic rings. The lowest BCUT2D eigenvalue weighted by Gasteiger charge is -2.38. The summed E-state index contributed by atoms with van der Waals surface area (Å²) in [5.74, 6) is -3.14. The summed E-state index contributed by atoms with van der Waals surface area (Å²) in [7, 11) is -2.39. The Labute approximate surface area is 283 Å². The highest BCUT2D eigenvalue weighted by Crippen LogP contribution is 2.43. The minimum atomic E-state index is -4.63. The van der Waals surface area contributed by atoms with E-state index in [1.807, 2.05) is 57.4 Å². The largest absolute Gasteiger partial charge is 0.445 e. The van der Waals surface area contributed by atoms with E-state index in [9.17, 15) is 31.5 Å². The van der Waals surface area contributed by atoms with Gasteiger partial charge in [-0.15, -0.1) is 0 Å². The maximum absolute atomic E-state index is 14.1. The molecule has 0 bridgehead atoms. The molecule has 1 saturated carbocycles. The summed E-state index contributed by atoms with van der Waals surface area (Å²) < 4.78 is 87.0. The zero-order valence-corrected chi connectivity index (χ0v) is 29.2. The van der Waals surface area contributed by atoms with Crippen LogP contribution in [0.25, 0.3) is 11.1 Å². The number of nitrogens with zero attached hydrogens (tertiary/aromatic N) is 2. The van der Waals surface area contributed by atoms with Gasteiger partial charge in [-0.25, -0.2) is 23.4 Å². The lowest BCUT2D eigenvalue weighted by molar-refractivity contribution is -0.150. The van der Waals surface area contributed by atoms with Crippen LogP contribution in [0.15, 0.2) is 52.9 Å². The van der Waals surface area contributed by atoms with Crippen molar-refractivity contribution in [2.45, 2.75) is 101 Å². The van der Waals surface area contributed by atoms with E-state index in [4.69, 9.17) is 13.6 Å². The number of alkyl carbamates (subject to hydrolysis) is 1. The summed E-state index contributed by atoms with van der Waals surface area (Å²) >= 11 is 0. The predicted molar refractivity (Wildman–Crippen MR) is 174 cm³/mol. The zero-order chi connectivity index (χ0) is 35.8. The van der Waals surface area contributed by atoms with Gasteiger partial charge in [0.2, 0.25) is 11.8 Å². The lowest BCUT2D eigenvalue weighted by atomic mass is 9.82. The average molecular weight is 711 g/mol. The summed E-state index contributed by atoms with van der Waals surface area (Å²) in [5, 5.41) is 4.61. The number of hydrogen-bond acceptors (Lipinski definition) is 6. The third-order valence-corrected chi connectivity index (χ3v) is 14.4. The van der Waals surface area contributed by atoms with Crippen molar-refractivity contribution < 1.29 is 45.1 Å². The van der Waals surface area contributed by atoms with Crippen molar-refractivity contribution in [1.29, 1.82) is 0 Å². The van der Waals surface area contributed by atoms with Gasteiger partial charge in [0.05, 0.1) is 19.2 Å². The van der Waals surface area contributed by atoms with E-state index in [-0.39, 0.29) is 49.8 Å². The second kappa shape index (κ2) is 13.9. The molecule has 1 aromatic heterocycles. The number of carbonyl (C=O) groups is 2. The van der Waals surface area contributed by atoms with Gasteiger partial charge in [0.1, 0.15) is 24.2 Å². The molecule has 2 fully saturated rings. The maximum Gasteiger partial charge on any atom is 0.410 e. The fourth-order valence-corrected chi connectivity index (χ4v) is 6.86. The van der Waals surface area contributed by atoms with Crippen molar-refractivity contribution in [3.8, 4) is 0 Å². The summed E-state index contributed by atoms with van der Waals surface area (Å²) in [6.07, 6.45) is -5.89. The number of oxazole rings is 1. The quantitative estimate of drug-likeness (QED) is 0.161. The van der Waals surface area contributed by atoms with Crippen LogP contribution >= 0.6 is 0 Å². The fraction of sp³-hybridized carbons (Fsp3) is 0.559. The Bertz CT molecular complexity index is 1620. The Morgan fingerprint density at radius 2 is 1.80 bits per heavy atom. The van der Waals surface area contributed by atoms with Crippen LogP contribution in [0.3, 0.4) is 0 Å². The van der Waals surface area contributed by atoms with Gasteiger partial charge in [0.25, 0.3) is 0 Å². The Morgan fingerprint density at radius 1 is 1.12 bits per heavy atom. The van der Waals surface area contributed by atoms with Gasteiger partial charge in [0.15, 0.2) is 13.9 Å². The molecule has 1 saturated heterocycles. The highest BCUT2D eigenvalue weighted by molar-refractivity contribution is 6.74. The van der Waals surface area contributed by atoms with Gasteiger partial charge in [-0.3, -0.25) is 0 Å². The third-order valence-electron chi connectivity index (χ3n) is 9.92. The van der Waals surface area contributed by atoms with Crippen molar-refractivity contribution in [2.75, 3.05) is 13.2 Å². The van der Waals surface area contributed by atoms with Crippen LogP contribution in [-0.4, -0.2) is 61.6 Å². The number of alkyl halides is 5. The smallest absolute Gasteiger partial charge is 0.410 e. The molecule has 5 rings (SSSR count). The van der Waals surface area contributed by atoms with Gasteiger partial charge < -0.3 is 29.1 Å². The molecule has 3 atom stereocenters. The first kappa shape index (κ1) is 36.6. The summed E-state index contributed by atoms with van der Waals surface area (Å²) in [4.78, 5) is 31.6. The van der Waals surface area contributed by atoms with E-state index in [0.717, 1.165) is 10.5 Å². The molecule has 0 radical (unpaired) electrons. The summed E-state index contributed by atoms with van der Waals surface area (Å²) in [6, 6.07) is 9.24. The fourth-order valence-electron chi connectivity index (χ4n) is 5.85. The molecule has 2 aliphatic rings. The van der Waals surface area contributed by atoms with E-state index in [2.05, 4.69) is 10.3 Å². The minimum Gasteiger partial charge on any atom is -0.445 e. The first-order valence-electron chi connectivity index (χ1n) is 16.4. The molecule has 2 N–H and O–H groups in total. The molecular weight excluding hydrogens is 667 g/mol. The average Bonchev–Trinajstić information content (AvgIpc) is 3.62. The monoisotopic (exact) mass is 710 g/mol. The van der Waals surface area contributed by atoms with Crippen molar-refractivity contribution in [1.82, 2.24) is 20.5 Å². The summed E-state index contributed by atoms with van der Waals surface area (Å²) in [6.45, 7) is 9.49. The minimum absolute atomic E-state index is 0.00331. The molecule has 2 aromatic carbocycles. The van der Waals surface area contributed by atoms with Crippen LogP contribution in [0.2, 0.25) is 18.1 Å². The first-order valence-corrected chi connectivity index (χ1v) is 19.3. The van der Waals surface area contributed by atoms with Gasteiger partial charge in [0, 0.05) is 12.8 Å². The molecule has 49 heavy (non-hydrogen) atoms. The van der Waals surface area contributed by atoms with Gasteiger partial charge in [-0.2, -0.15) is 13.2 Å². The van der Waals surface area contributed by atoms with Crippen molar-refractivity contribution in [3.63, 3.8) is 0 Å². The Hall–Kier alpha value is -3.72. The number of amides is 3. The van der Waals surface area contributed by atoms with E-state index < -0.39 is 63.1 Å². The van der Waals surface area contributed by atoms with Crippen molar-refractivity contribution in [2.24, 2.45) is 5.92 Å².